The minimum atomic E-state index is -4.62. The van der Waals surface area contributed by atoms with Crippen LogP contribution in [0.15, 0.2) is 48.5 Å². The van der Waals surface area contributed by atoms with Gasteiger partial charge in [-0.15, -0.1) is 0 Å². The molecule has 1 heterocycles. The van der Waals surface area contributed by atoms with Gasteiger partial charge in [0.15, 0.2) is 0 Å². The molecule has 1 aromatic heterocycles. The molecule has 4 nitrogen and oxygen atoms in total. The zero-order valence-corrected chi connectivity index (χ0v) is 14.8. The van der Waals surface area contributed by atoms with Crippen molar-refractivity contribution in [3.05, 3.63) is 88.0 Å². The summed E-state index contributed by atoms with van der Waals surface area (Å²) in [6.07, 6.45) is -4.08. The van der Waals surface area contributed by atoms with E-state index in [1.54, 1.807) is 29.9 Å². The number of halogens is 4. The third-order valence-corrected chi connectivity index (χ3v) is 4.28. The smallest absolute Gasteiger partial charge is 0.416 e. The van der Waals surface area contributed by atoms with Crippen molar-refractivity contribution in [3.8, 4) is 0 Å². The minimum absolute atomic E-state index is 0.0621. The summed E-state index contributed by atoms with van der Waals surface area (Å²) in [4.78, 5) is 10.9. The summed E-state index contributed by atoms with van der Waals surface area (Å²) in [5.41, 5.74) is 1.51. The van der Waals surface area contributed by atoms with Gasteiger partial charge < -0.3 is 5.11 Å². The highest BCUT2D eigenvalue weighted by Gasteiger charge is 2.31. The van der Waals surface area contributed by atoms with Gasteiger partial charge in [-0.1, -0.05) is 12.1 Å². The molecule has 3 rings (SSSR count). The van der Waals surface area contributed by atoms with E-state index >= 15 is 0 Å². The first-order valence-corrected chi connectivity index (χ1v) is 8.32. The van der Waals surface area contributed by atoms with Crippen molar-refractivity contribution in [1.29, 1.82) is 0 Å². The Balaban J connectivity index is 1.79. The normalized spacial score (nSPS) is 11.6. The van der Waals surface area contributed by atoms with Crippen LogP contribution in [0.3, 0.4) is 0 Å². The van der Waals surface area contributed by atoms with Gasteiger partial charge in [0.25, 0.3) is 0 Å². The highest BCUT2D eigenvalue weighted by atomic mass is 19.4. The molecule has 0 radical (unpaired) electrons. The molecule has 0 fully saturated rings. The van der Waals surface area contributed by atoms with Crippen molar-refractivity contribution < 1.29 is 27.5 Å². The van der Waals surface area contributed by atoms with E-state index in [2.05, 4.69) is 5.10 Å². The number of carbonyl (C=O) groups is 1. The number of carboxylic acid groups (broad SMARTS) is 1. The van der Waals surface area contributed by atoms with Gasteiger partial charge in [0.2, 0.25) is 0 Å². The van der Waals surface area contributed by atoms with Gasteiger partial charge in [-0.2, -0.15) is 18.3 Å². The van der Waals surface area contributed by atoms with E-state index in [0.717, 1.165) is 23.4 Å². The summed E-state index contributed by atoms with van der Waals surface area (Å²) in [7, 11) is 1.71. The monoisotopic (exact) mass is 392 g/mol. The minimum Gasteiger partial charge on any atom is -0.478 e. The number of rotatable bonds is 5. The summed E-state index contributed by atoms with van der Waals surface area (Å²) in [6.45, 7) is 0. The molecule has 28 heavy (non-hydrogen) atoms. The fourth-order valence-electron chi connectivity index (χ4n) is 2.92. The van der Waals surface area contributed by atoms with Gasteiger partial charge in [0, 0.05) is 25.6 Å². The second-order valence-corrected chi connectivity index (χ2v) is 6.45. The predicted octanol–water partition coefficient (Wildman–Crippen LogP) is 4.46. The molecule has 3 aromatic rings. The number of nitrogens with zero attached hydrogens (tertiary/aromatic N) is 2. The van der Waals surface area contributed by atoms with E-state index in [-0.39, 0.29) is 17.5 Å². The van der Waals surface area contributed by atoms with Gasteiger partial charge >= 0.3 is 12.1 Å². The number of aromatic carboxylic acids is 1. The highest BCUT2D eigenvalue weighted by molar-refractivity contribution is 5.87. The van der Waals surface area contributed by atoms with Gasteiger partial charge in [0.05, 0.1) is 16.8 Å². The van der Waals surface area contributed by atoms with Crippen molar-refractivity contribution in [2.24, 2.45) is 7.05 Å². The van der Waals surface area contributed by atoms with Crippen LogP contribution in [0.25, 0.3) is 0 Å². The van der Waals surface area contributed by atoms with Gasteiger partial charge in [0.1, 0.15) is 5.82 Å². The first kappa shape index (κ1) is 19.6. The number of benzene rings is 2. The third kappa shape index (κ3) is 4.57. The van der Waals surface area contributed by atoms with Gasteiger partial charge in [-0.3, -0.25) is 4.68 Å². The molecule has 0 saturated carbocycles. The van der Waals surface area contributed by atoms with Crippen LogP contribution in [0.5, 0.6) is 0 Å². The lowest BCUT2D eigenvalue weighted by atomic mass is 10.0. The van der Waals surface area contributed by atoms with E-state index in [0.29, 0.717) is 18.2 Å². The van der Waals surface area contributed by atoms with Crippen LogP contribution in [0.2, 0.25) is 0 Å². The largest absolute Gasteiger partial charge is 0.478 e. The Morgan fingerprint density at radius 1 is 1.04 bits per heavy atom. The van der Waals surface area contributed by atoms with E-state index < -0.39 is 23.5 Å². The van der Waals surface area contributed by atoms with Gasteiger partial charge in [-0.25, -0.2) is 9.18 Å². The molecule has 0 aliphatic carbocycles. The molecule has 0 aliphatic heterocycles. The Kier molecular flexibility index (Phi) is 5.22. The van der Waals surface area contributed by atoms with Crippen molar-refractivity contribution in [3.63, 3.8) is 0 Å². The van der Waals surface area contributed by atoms with Crippen LogP contribution >= 0.6 is 0 Å². The Hall–Kier alpha value is -3.16. The topological polar surface area (TPSA) is 55.1 Å². The SMILES string of the molecule is Cn1nc(Cc2cc(F)cc(C(F)(F)F)c2)cc1Cc1ccc(C(=O)O)cc1. The van der Waals surface area contributed by atoms with E-state index in [1.807, 2.05) is 0 Å². The zero-order chi connectivity index (χ0) is 20.5. The molecule has 0 spiro atoms. The maximum Gasteiger partial charge on any atom is 0.416 e. The van der Waals surface area contributed by atoms with Crippen LogP contribution in [0.1, 0.15) is 38.4 Å². The maximum absolute atomic E-state index is 13.6. The molecule has 1 N–H and O–H groups in total. The molecule has 2 aromatic carbocycles. The summed E-state index contributed by atoms with van der Waals surface area (Å²) in [6, 6.07) is 10.6. The number of aromatic nitrogens is 2. The van der Waals surface area contributed by atoms with Crippen molar-refractivity contribution in [2.75, 3.05) is 0 Å². The second-order valence-electron chi connectivity index (χ2n) is 6.45. The highest BCUT2D eigenvalue weighted by Crippen LogP contribution is 2.31. The summed E-state index contributed by atoms with van der Waals surface area (Å²) >= 11 is 0. The molecule has 0 amide bonds. The molecule has 0 aliphatic rings. The Morgan fingerprint density at radius 3 is 2.32 bits per heavy atom. The fourth-order valence-corrected chi connectivity index (χ4v) is 2.92. The first-order chi connectivity index (χ1) is 13.1. The number of aryl methyl sites for hydroxylation is 1. The van der Waals surface area contributed by atoms with Crippen LogP contribution in [-0.2, 0) is 26.1 Å². The lowest BCUT2D eigenvalue weighted by molar-refractivity contribution is -0.137. The lowest BCUT2D eigenvalue weighted by Gasteiger charge is -2.08. The van der Waals surface area contributed by atoms with Crippen molar-refractivity contribution in [1.82, 2.24) is 9.78 Å². The number of hydrogen-bond donors (Lipinski definition) is 1. The molecule has 0 saturated heterocycles. The van der Waals surface area contributed by atoms with E-state index in [4.69, 9.17) is 5.11 Å². The summed E-state index contributed by atoms with van der Waals surface area (Å²) in [5.74, 6) is -1.96. The first-order valence-electron chi connectivity index (χ1n) is 8.32. The average molecular weight is 392 g/mol. The number of carboxylic acids is 1. The lowest BCUT2D eigenvalue weighted by Crippen LogP contribution is -2.06. The number of alkyl halides is 3. The second kappa shape index (κ2) is 7.46. The molecule has 0 unspecified atom stereocenters. The van der Waals surface area contributed by atoms with Crippen LogP contribution in [0.4, 0.5) is 17.6 Å². The molecule has 0 atom stereocenters. The summed E-state index contributed by atoms with van der Waals surface area (Å²) in [5, 5.41) is 13.2. The predicted molar refractivity (Wildman–Crippen MR) is 93.6 cm³/mol. The van der Waals surface area contributed by atoms with Crippen LogP contribution in [-0.4, -0.2) is 20.9 Å². The molecular weight excluding hydrogens is 376 g/mol. The molecule has 146 valence electrons. The van der Waals surface area contributed by atoms with Crippen LogP contribution in [0, 0.1) is 5.82 Å². The Labute approximate surface area is 158 Å². The van der Waals surface area contributed by atoms with Crippen LogP contribution < -0.4 is 0 Å². The fraction of sp³-hybridized carbons (Fsp3) is 0.200. The average Bonchev–Trinajstić information content (AvgIpc) is 2.93. The Morgan fingerprint density at radius 2 is 1.71 bits per heavy atom. The van der Waals surface area contributed by atoms with Gasteiger partial charge in [-0.05, 0) is 47.5 Å². The quantitative estimate of drug-likeness (QED) is 0.653. The summed E-state index contributed by atoms with van der Waals surface area (Å²) < 4.78 is 53.7. The maximum atomic E-state index is 13.6. The van der Waals surface area contributed by atoms with Crippen molar-refractivity contribution in [2.45, 2.75) is 19.0 Å². The Bertz CT molecular complexity index is 1010. The molecule has 0 bridgehead atoms. The van der Waals surface area contributed by atoms with E-state index in [9.17, 15) is 22.4 Å². The van der Waals surface area contributed by atoms with Crippen molar-refractivity contribution >= 4 is 5.97 Å². The van der Waals surface area contributed by atoms with E-state index in [1.165, 1.54) is 12.1 Å². The number of hydrogen-bond acceptors (Lipinski definition) is 2. The molecular formula is C20H16F4N2O2. The molecule has 8 heteroatoms. The standard InChI is InChI=1S/C20H16F4N2O2/c1-26-18(9-12-2-4-14(5-3-12)19(27)28)11-17(25-26)8-13-6-15(20(22,23)24)10-16(21)7-13/h2-7,10-11H,8-9H2,1H3,(H,27,28). The zero-order valence-electron chi connectivity index (χ0n) is 14.8. The third-order valence-electron chi connectivity index (χ3n) is 4.28.